The average molecular weight is 292 g/mol. The first kappa shape index (κ1) is 14.6. The number of ether oxygens (including phenoxy) is 2. The van der Waals surface area contributed by atoms with Crippen LogP contribution in [0.2, 0.25) is 0 Å². The summed E-state index contributed by atoms with van der Waals surface area (Å²) < 4.78 is 10.5. The Morgan fingerprint density at radius 1 is 1.43 bits per heavy atom. The first-order valence-electron chi connectivity index (χ1n) is 7.92. The van der Waals surface area contributed by atoms with Crippen LogP contribution in [0, 0.1) is 23.2 Å². The molecule has 0 saturated heterocycles. The first-order chi connectivity index (χ1) is 9.89. The van der Waals surface area contributed by atoms with Crippen LogP contribution in [0.5, 0.6) is 0 Å². The number of carbonyl (C=O) groups is 2. The molecule has 21 heavy (non-hydrogen) atoms. The molecular weight excluding hydrogens is 268 g/mol. The minimum absolute atomic E-state index is 0.0242. The maximum Gasteiger partial charge on any atom is 0.334 e. The zero-order valence-electron chi connectivity index (χ0n) is 13.1. The number of rotatable bonds is 2. The molecule has 0 N–H and O–H groups in total. The van der Waals surface area contributed by atoms with Gasteiger partial charge >= 0.3 is 11.9 Å². The van der Waals surface area contributed by atoms with Gasteiger partial charge in [0.15, 0.2) is 0 Å². The lowest BCUT2D eigenvalue weighted by molar-refractivity contribution is -0.144. The van der Waals surface area contributed by atoms with Crippen LogP contribution in [0.3, 0.4) is 0 Å². The minimum Gasteiger partial charge on any atom is -0.465 e. The van der Waals surface area contributed by atoms with Crippen molar-refractivity contribution < 1.29 is 19.1 Å². The van der Waals surface area contributed by atoms with E-state index in [2.05, 4.69) is 13.8 Å². The zero-order chi connectivity index (χ0) is 15.2. The van der Waals surface area contributed by atoms with Gasteiger partial charge in [-0.15, -0.1) is 0 Å². The third-order valence-electron chi connectivity index (χ3n) is 5.60. The molecule has 3 aliphatic rings. The molecule has 4 heteroatoms. The summed E-state index contributed by atoms with van der Waals surface area (Å²) in [6, 6.07) is 0. The van der Waals surface area contributed by atoms with Crippen molar-refractivity contribution in [2.45, 2.75) is 46.5 Å². The van der Waals surface area contributed by atoms with Crippen LogP contribution in [0.1, 0.15) is 46.5 Å². The molecule has 0 amide bonds. The van der Waals surface area contributed by atoms with Gasteiger partial charge in [-0.3, -0.25) is 4.79 Å². The molecule has 0 aromatic carbocycles. The summed E-state index contributed by atoms with van der Waals surface area (Å²) in [5.74, 6) is 1.28. The molecule has 0 radical (unpaired) electrons. The summed E-state index contributed by atoms with van der Waals surface area (Å²) in [5, 5.41) is 0. The summed E-state index contributed by atoms with van der Waals surface area (Å²) in [6.45, 7) is 6.92. The van der Waals surface area contributed by atoms with Crippen LogP contribution in [0.4, 0.5) is 0 Å². The van der Waals surface area contributed by atoms with Gasteiger partial charge in [0.05, 0.1) is 6.61 Å². The van der Waals surface area contributed by atoms with Gasteiger partial charge in [0.1, 0.15) is 6.61 Å². The van der Waals surface area contributed by atoms with Crippen LogP contribution in [-0.2, 0) is 19.1 Å². The maximum absolute atomic E-state index is 11.9. The Hall–Kier alpha value is -1.32. The zero-order valence-corrected chi connectivity index (χ0v) is 13.1. The molecule has 0 aromatic heterocycles. The van der Waals surface area contributed by atoms with Gasteiger partial charge in [-0.1, -0.05) is 13.8 Å². The van der Waals surface area contributed by atoms with Crippen LogP contribution in [0.15, 0.2) is 11.1 Å². The van der Waals surface area contributed by atoms with E-state index in [1.165, 1.54) is 12.5 Å². The van der Waals surface area contributed by atoms with Gasteiger partial charge in [-0.25, -0.2) is 4.79 Å². The van der Waals surface area contributed by atoms with Crippen LogP contribution >= 0.6 is 0 Å². The standard InChI is InChI=1S/C17H24O4/c1-10-4-5-12-15(8-20-16(12)19)14-7-17(3,6-13(10)14)9-21-11(2)18/h10,13-14H,4-9H2,1-3H3/t10-,13-,14+,17-/m0/s1. The number of fused-ring (bicyclic) bond motifs is 2. The second-order valence-corrected chi connectivity index (χ2v) is 7.37. The van der Waals surface area contributed by atoms with E-state index in [0.29, 0.717) is 31.0 Å². The SMILES string of the molecule is CC(=O)OC[C@@]1(C)C[C@H]2[C@@H](C)CCC3=C(COC3=O)[C@@H]2C1. The second kappa shape index (κ2) is 5.15. The molecule has 4 nitrogen and oxygen atoms in total. The van der Waals surface area contributed by atoms with E-state index < -0.39 is 0 Å². The molecule has 0 unspecified atom stereocenters. The summed E-state index contributed by atoms with van der Waals surface area (Å²) in [4.78, 5) is 23.0. The van der Waals surface area contributed by atoms with E-state index >= 15 is 0 Å². The fraction of sp³-hybridized carbons (Fsp3) is 0.765. The molecule has 0 spiro atoms. The third-order valence-corrected chi connectivity index (χ3v) is 5.60. The van der Waals surface area contributed by atoms with Gasteiger partial charge in [0, 0.05) is 17.9 Å². The Bertz CT molecular complexity index is 507. The van der Waals surface area contributed by atoms with Crippen LogP contribution in [0.25, 0.3) is 0 Å². The largest absolute Gasteiger partial charge is 0.465 e. The van der Waals surface area contributed by atoms with Gasteiger partial charge in [0.25, 0.3) is 0 Å². The fourth-order valence-electron chi connectivity index (χ4n) is 4.48. The van der Waals surface area contributed by atoms with E-state index in [1.54, 1.807) is 0 Å². The highest BCUT2D eigenvalue weighted by Crippen LogP contribution is 2.55. The lowest BCUT2D eigenvalue weighted by atomic mass is 9.81. The summed E-state index contributed by atoms with van der Waals surface area (Å²) in [7, 11) is 0. The minimum atomic E-state index is -0.212. The molecule has 1 fully saturated rings. The second-order valence-electron chi connectivity index (χ2n) is 7.37. The fourth-order valence-corrected chi connectivity index (χ4v) is 4.48. The molecule has 4 atom stereocenters. The quantitative estimate of drug-likeness (QED) is 0.734. The average Bonchev–Trinajstić information content (AvgIpc) is 2.92. The molecule has 0 aromatic rings. The Labute approximate surface area is 125 Å². The van der Waals surface area contributed by atoms with E-state index in [0.717, 1.165) is 31.3 Å². The highest BCUT2D eigenvalue weighted by Gasteiger charge is 2.49. The van der Waals surface area contributed by atoms with Crippen LogP contribution in [-0.4, -0.2) is 25.2 Å². The maximum atomic E-state index is 11.9. The molecule has 116 valence electrons. The number of cyclic esters (lactones) is 1. The normalized spacial score (nSPS) is 38.6. The van der Waals surface area contributed by atoms with Crippen molar-refractivity contribution in [3.05, 3.63) is 11.1 Å². The smallest absolute Gasteiger partial charge is 0.334 e. The molecular formula is C17H24O4. The van der Waals surface area contributed by atoms with Crippen molar-refractivity contribution in [3.8, 4) is 0 Å². The summed E-state index contributed by atoms with van der Waals surface area (Å²) in [6.07, 6.45) is 3.98. The number of hydrogen-bond acceptors (Lipinski definition) is 4. The molecule has 2 aliphatic carbocycles. The van der Waals surface area contributed by atoms with Gasteiger partial charge < -0.3 is 9.47 Å². The first-order valence-corrected chi connectivity index (χ1v) is 7.92. The van der Waals surface area contributed by atoms with Gasteiger partial charge in [-0.05, 0) is 49.0 Å². The van der Waals surface area contributed by atoms with Crippen LogP contribution < -0.4 is 0 Å². The molecule has 1 heterocycles. The number of esters is 2. The highest BCUT2D eigenvalue weighted by molar-refractivity contribution is 5.92. The van der Waals surface area contributed by atoms with Crippen molar-refractivity contribution in [1.82, 2.24) is 0 Å². The Kier molecular flexibility index (Phi) is 3.58. The Morgan fingerprint density at radius 3 is 2.90 bits per heavy atom. The third kappa shape index (κ3) is 2.60. The molecule has 1 saturated carbocycles. The Morgan fingerprint density at radius 2 is 2.19 bits per heavy atom. The predicted molar refractivity (Wildman–Crippen MR) is 77.3 cm³/mol. The van der Waals surface area contributed by atoms with E-state index in [-0.39, 0.29) is 17.4 Å². The summed E-state index contributed by atoms with van der Waals surface area (Å²) in [5.41, 5.74) is 2.20. The Balaban J connectivity index is 1.84. The highest BCUT2D eigenvalue weighted by atomic mass is 16.5. The van der Waals surface area contributed by atoms with E-state index in [4.69, 9.17) is 9.47 Å². The topological polar surface area (TPSA) is 52.6 Å². The molecule has 1 aliphatic heterocycles. The lowest BCUT2D eigenvalue weighted by Gasteiger charge is -2.25. The lowest BCUT2D eigenvalue weighted by Crippen LogP contribution is -2.22. The summed E-state index contributed by atoms with van der Waals surface area (Å²) >= 11 is 0. The van der Waals surface area contributed by atoms with Crippen molar-refractivity contribution in [1.29, 1.82) is 0 Å². The van der Waals surface area contributed by atoms with Crippen molar-refractivity contribution >= 4 is 11.9 Å². The van der Waals surface area contributed by atoms with Crippen molar-refractivity contribution in [2.75, 3.05) is 13.2 Å². The van der Waals surface area contributed by atoms with Crippen molar-refractivity contribution in [2.24, 2.45) is 23.2 Å². The van der Waals surface area contributed by atoms with E-state index in [9.17, 15) is 9.59 Å². The monoisotopic (exact) mass is 292 g/mol. The number of hydrogen-bond donors (Lipinski definition) is 0. The predicted octanol–water partition coefficient (Wildman–Crippen LogP) is 2.87. The van der Waals surface area contributed by atoms with Crippen molar-refractivity contribution in [3.63, 3.8) is 0 Å². The van der Waals surface area contributed by atoms with Gasteiger partial charge in [0.2, 0.25) is 0 Å². The molecule has 0 bridgehead atoms. The van der Waals surface area contributed by atoms with E-state index in [1.807, 2.05) is 0 Å². The molecule has 3 rings (SSSR count). The number of carbonyl (C=O) groups excluding carboxylic acids is 2. The van der Waals surface area contributed by atoms with Gasteiger partial charge in [-0.2, -0.15) is 0 Å².